The van der Waals surface area contributed by atoms with E-state index in [9.17, 15) is 19.2 Å². The minimum absolute atomic E-state index is 0.0992. The molecule has 9 nitrogen and oxygen atoms in total. The number of allylic oxidation sites excluding steroid dienone is 2. The van der Waals surface area contributed by atoms with Gasteiger partial charge in [-0.15, -0.1) is 6.58 Å². The number of esters is 1. The number of hydrogen-bond donors (Lipinski definition) is 0. The van der Waals surface area contributed by atoms with Crippen LogP contribution in [-0.4, -0.2) is 64.9 Å². The van der Waals surface area contributed by atoms with Gasteiger partial charge in [-0.3, -0.25) is 4.79 Å². The molecular weight excluding hydrogens is 466 g/mol. The Kier molecular flexibility index (Phi) is 9.88. The number of cyclic esters (lactones) is 1. The second-order valence-electron chi connectivity index (χ2n) is 11.3. The molecule has 2 amide bonds. The van der Waals surface area contributed by atoms with Crippen LogP contribution in [0.4, 0.5) is 9.59 Å². The Morgan fingerprint density at radius 3 is 2.14 bits per heavy atom. The van der Waals surface area contributed by atoms with Gasteiger partial charge in [0.2, 0.25) is 6.04 Å². The maximum Gasteiger partial charge on any atom is 0.421 e. The number of ether oxygens (including phenoxy) is 4. The Labute approximate surface area is 214 Å². The van der Waals surface area contributed by atoms with Crippen LogP contribution in [0.25, 0.3) is 0 Å². The molecule has 0 spiro atoms. The third-order valence-electron chi connectivity index (χ3n) is 5.89. The van der Waals surface area contributed by atoms with Crippen molar-refractivity contribution in [2.75, 3.05) is 6.61 Å². The lowest BCUT2D eigenvalue weighted by atomic mass is 9.81. The third kappa shape index (κ3) is 8.18. The van der Waals surface area contributed by atoms with Crippen LogP contribution in [0.5, 0.6) is 0 Å². The minimum Gasteiger partial charge on any atom is -0.460 e. The summed E-state index contributed by atoms with van der Waals surface area (Å²) in [4.78, 5) is 53.5. The first-order chi connectivity index (χ1) is 16.6. The lowest BCUT2D eigenvalue weighted by Gasteiger charge is -2.35. The van der Waals surface area contributed by atoms with Crippen LogP contribution >= 0.6 is 0 Å². The topological polar surface area (TPSA) is 108 Å². The van der Waals surface area contributed by atoms with Gasteiger partial charge < -0.3 is 18.9 Å². The van der Waals surface area contributed by atoms with Gasteiger partial charge >= 0.3 is 18.2 Å². The molecule has 0 saturated carbocycles. The number of Topliss-reactive ketones (excluding diaryl/α,β-unsaturated/α-hetero) is 1. The van der Waals surface area contributed by atoms with Gasteiger partial charge in [0.1, 0.15) is 17.3 Å². The zero-order valence-electron chi connectivity index (χ0n) is 22.6. The van der Waals surface area contributed by atoms with Gasteiger partial charge in [-0.2, -0.15) is 4.90 Å². The number of carbonyl (C=O) groups is 4. The van der Waals surface area contributed by atoms with Gasteiger partial charge in [0.25, 0.3) is 0 Å². The fourth-order valence-electron chi connectivity index (χ4n) is 4.52. The normalized spacial score (nSPS) is 27.4. The van der Waals surface area contributed by atoms with Crippen molar-refractivity contribution in [2.45, 2.75) is 104 Å². The highest BCUT2D eigenvalue weighted by Crippen LogP contribution is 2.36. The molecule has 202 valence electrons. The smallest absolute Gasteiger partial charge is 0.421 e. The molecule has 1 aliphatic carbocycles. The number of carbonyl (C=O) groups excluding carboxylic acids is 4. The number of rotatable bonds is 5. The molecule has 0 radical (unpaired) electrons. The van der Waals surface area contributed by atoms with E-state index in [0.717, 1.165) is 12.8 Å². The maximum absolute atomic E-state index is 13.4. The number of nitrogens with zero attached hydrogens (tertiary/aromatic N) is 1. The fraction of sp³-hybridized carbons (Fsp3) is 0.704. The summed E-state index contributed by atoms with van der Waals surface area (Å²) in [5, 5.41) is 0. The van der Waals surface area contributed by atoms with E-state index in [0.29, 0.717) is 4.90 Å². The first kappa shape index (κ1) is 29.5. The van der Waals surface area contributed by atoms with Crippen molar-refractivity contribution in [3.8, 4) is 0 Å². The van der Waals surface area contributed by atoms with Gasteiger partial charge in [-0.25, -0.2) is 14.4 Å². The van der Waals surface area contributed by atoms with E-state index >= 15 is 0 Å². The third-order valence-corrected chi connectivity index (χ3v) is 5.89. The SMILES string of the molecule is C=CCO[C@H]1CCC(=O)[C@H](N(C(=O)OC(C)(C)C)C(=O)OC(C)(C)C)C(=O)O[C@@H](C)[C@@H]1C1C=CCC1. The quantitative estimate of drug-likeness (QED) is 0.222. The summed E-state index contributed by atoms with van der Waals surface area (Å²) in [5.41, 5.74) is -1.97. The molecule has 1 aliphatic heterocycles. The Morgan fingerprint density at radius 2 is 1.67 bits per heavy atom. The van der Waals surface area contributed by atoms with E-state index in [1.807, 2.05) is 0 Å². The van der Waals surface area contributed by atoms with E-state index in [4.69, 9.17) is 18.9 Å². The molecule has 1 fully saturated rings. The average molecular weight is 508 g/mol. The molecule has 0 aromatic rings. The monoisotopic (exact) mass is 507 g/mol. The molecule has 36 heavy (non-hydrogen) atoms. The Hall–Kier alpha value is -2.68. The van der Waals surface area contributed by atoms with Crippen LogP contribution in [-0.2, 0) is 28.5 Å². The van der Waals surface area contributed by atoms with E-state index in [1.165, 1.54) is 0 Å². The van der Waals surface area contributed by atoms with Gasteiger partial charge in [-0.05, 0) is 73.6 Å². The van der Waals surface area contributed by atoms with Gasteiger partial charge in [0.05, 0.1) is 12.7 Å². The van der Waals surface area contributed by atoms with E-state index < -0.39 is 53.4 Å². The van der Waals surface area contributed by atoms with Crippen molar-refractivity contribution in [1.29, 1.82) is 0 Å². The number of amides is 2. The first-order valence-electron chi connectivity index (χ1n) is 12.5. The Balaban J connectivity index is 2.47. The van der Waals surface area contributed by atoms with Gasteiger partial charge in [0.15, 0.2) is 5.78 Å². The van der Waals surface area contributed by atoms with Crippen molar-refractivity contribution in [3.63, 3.8) is 0 Å². The van der Waals surface area contributed by atoms with Crippen molar-refractivity contribution >= 4 is 23.9 Å². The summed E-state index contributed by atoms with van der Waals surface area (Å²) in [6.07, 6.45) is 4.40. The second kappa shape index (κ2) is 12.0. The second-order valence-corrected chi connectivity index (χ2v) is 11.3. The summed E-state index contributed by atoms with van der Waals surface area (Å²) in [5.74, 6) is -1.77. The van der Waals surface area contributed by atoms with Crippen molar-refractivity contribution in [2.24, 2.45) is 11.8 Å². The molecular formula is C27H41NO8. The molecule has 1 heterocycles. The van der Waals surface area contributed by atoms with Crippen molar-refractivity contribution in [1.82, 2.24) is 4.90 Å². The molecule has 2 aliphatic rings. The standard InChI is InChI=1S/C27H41NO8/c1-9-16-33-20-15-14-19(29)22(23(30)34-17(2)21(20)18-12-10-11-13-18)28(24(31)35-26(3,4)5)25(32)36-27(6,7)8/h9-10,12,17-18,20-22H,1,11,13-16H2,2-8H3/t17-,18?,20-,21+,22-/m0/s1. The van der Waals surface area contributed by atoms with Crippen LogP contribution in [0.2, 0.25) is 0 Å². The zero-order valence-corrected chi connectivity index (χ0v) is 22.6. The number of ketones is 1. The number of hydrogen-bond acceptors (Lipinski definition) is 8. The van der Waals surface area contributed by atoms with Crippen LogP contribution in [0, 0.1) is 11.8 Å². The van der Waals surface area contributed by atoms with E-state index in [2.05, 4.69) is 18.7 Å². The summed E-state index contributed by atoms with van der Waals surface area (Å²) in [6, 6.07) is -1.84. The first-order valence-corrected chi connectivity index (χ1v) is 12.5. The molecule has 0 aromatic carbocycles. The van der Waals surface area contributed by atoms with Crippen LogP contribution < -0.4 is 0 Å². The van der Waals surface area contributed by atoms with Gasteiger partial charge in [0, 0.05) is 12.3 Å². The summed E-state index contributed by atoms with van der Waals surface area (Å²) in [6.45, 7) is 15.4. The van der Waals surface area contributed by atoms with Crippen LogP contribution in [0.15, 0.2) is 24.8 Å². The zero-order chi connectivity index (χ0) is 27.3. The minimum atomic E-state index is -1.84. The molecule has 9 heteroatoms. The summed E-state index contributed by atoms with van der Waals surface area (Å²) >= 11 is 0. The average Bonchev–Trinajstić information content (AvgIpc) is 3.24. The molecule has 0 aromatic heterocycles. The van der Waals surface area contributed by atoms with E-state index in [1.54, 1.807) is 54.5 Å². The largest absolute Gasteiger partial charge is 0.460 e. The van der Waals surface area contributed by atoms with Crippen molar-refractivity contribution < 1.29 is 38.1 Å². The highest BCUT2D eigenvalue weighted by atomic mass is 16.6. The fourth-order valence-corrected chi connectivity index (χ4v) is 4.52. The molecule has 2 rings (SSSR count). The summed E-state index contributed by atoms with van der Waals surface area (Å²) in [7, 11) is 0. The van der Waals surface area contributed by atoms with Crippen LogP contribution in [0.3, 0.4) is 0 Å². The predicted molar refractivity (Wildman–Crippen MR) is 133 cm³/mol. The highest BCUT2D eigenvalue weighted by molar-refractivity contribution is 6.09. The molecule has 0 bridgehead atoms. The highest BCUT2D eigenvalue weighted by Gasteiger charge is 2.48. The lowest BCUT2D eigenvalue weighted by molar-refractivity contribution is -0.161. The summed E-state index contributed by atoms with van der Waals surface area (Å²) < 4.78 is 22.6. The Morgan fingerprint density at radius 1 is 1.08 bits per heavy atom. The van der Waals surface area contributed by atoms with Gasteiger partial charge in [-0.1, -0.05) is 18.2 Å². The molecule has 0 N–H and O–H groups in total. The molecule has 1 saturated heterocycles. The molecule has 1 unspecified atom stereocenters. The van der Waals surface area contributed by atoms with Crippen LogP contribution in [0.1, 0.15) is 74.1 Å². The molecule has 5 atom stereocenters. The van der Waals surface area contributed by atoms with Crippen molar-refractivity contribution in [3.05, 3.63) is 24.8 Å². The lowest BCUT2D eigenvalue weighted by Crippen LogP contribution is -2.56. The Bertz CT molecular complexity index is 838. The van der Waals surface area contributed by atoms with E-state index in [-0.39, 0.29) is 31.3 Å². The number of imide groups is 1. The predicted octanol–water partition coefficient (Wildman–Crippen LogP) is 4.98. The maximum atomic E-state index is 13.4.